The molecule has 0 bridgehead atoms. The second-order valence-corrected chi connectivity index (χ2v) is 7.60. The summed E-state index contributed by atoms with van der Waals surface area (Å²) < 4.78 is 9.98. The van der Waals surface area contributed by atoms with Crippen molar-refractivity contribution in [2.24, 2.45) is 0 Å². The predicted molar refractivity (Wildman–Crippen MR) is 101 cm³/mol. The number of benzene rings is 1. The minimum absolute atomic E-state index is 0.111. The van der Waals surface area contributed by atoms with E-state index in [1.165, 1.54) is 7.11 Å². The summed E-state index contributed by atoms with van der Waals surface area (Å²) in [5.41, 5.74) is 0.200. The zero-order valence-electron chi connectivity index (χ0n) is 16.4. The maximum Gasteiger partial charge on any atom is 0.407 e. The highest BCUT2D eigenvalue weighted by atomic mass is 16.6. The zero-order chi connectivity index (χ0) is 20.0. The molecule has 1 aromatic rings. The summed E-state index contributed by atoms with van der Waals surface area (Å²) in [7, 11) is 1.31. The highest BCUT2D eigenvalue weighted by Gasteiger charge is 2.28. The van der Waals surface area contributed by atoms with Crippen LogP contribution in [0.1, 0.15) is 60.7 Å². The first-order valence-corrected chi connectivity index (χ1v) is 9.17. The number of carbonyl (C=O) groups excluding carboxylic acids is 3. The molecule has 7 nitrogen and oxygen atoms in total. The fourth-order valence-corrected chi connectivity index (χ4v) is 3.06. The molecule has 2 rings (SSSR count). The van der Waals surface area contributed by atoms with E-state index in [9.17, 15) is 14.4 Å². The number of rotatable bonds is 4. The Kier molecular flexibility index (Phi) is 6.82. The van der Waals surface area contributed by atoms with Crippen LogP contribution < -0.4 is 5.32 Å². The average Bonchev–Trinajstić information content (AvgIpc) is 2.64. The van der Waals surface area contributed by atoms with Crippen LogP contribution in [0.3, 0.4) is 0 Å². The van der Waals surface area contributed by atoms with Crippen molar-refractivity contribution in [2.45, 2.75) is 51.7 Å². The van der Waals surface area contributed by atoms with Gasteiger partial charge in [-0.1, -0.05) is 6.07 Å². The molecule has 1 unspecified atom stereocenters. The van der Waals surface area contributed by atoms with E-state index in [4.69, 9.17) is 9.47 Å². The van der Waals surface area contributed by atoms with Gasteiger partial charge in [0.25, 0.3) is 5.91 Å². The summed E-state index contributed by atoms with van der Waals surface area (Å²) in [5.74, 6) is -0.636. The lowest BCUT2D eigenvalue weighted by Crippen LogP contribution is -2.50. The van der Waals surface area contributed by atoms with Crippen molar-refractivity contribution in [3.8, 4) is 0 Å². The number of nitrogens with one attached hydrogen (secondary N) is 1. The quantitative estimate of drug-likeness (QED) is 0.817. The molecule has 1 aliphatic rings. The van der Waals surface area contributed by atoms with Gasteiger partial charge < -0.3 is 19.7 Å². The molecule has 0 aliphatic carbocycles. The molecule has 1 saturated heterocycles. The van der Waals surface area contributed by atoms with Crippen LogP contribution in [0.4, 0.5) is 4.79 Å². The van der Waals surface area contributed by atoms with Gasteiger partial charge in [0, 0.05) is 24.7 Å². The number of hydrogen-bond donors (Lipinski definition) is 1. The lowest BCUT2D eigenvalue weighted by atomic mass is 10.00. The number of likely N-dealkylation sites (tertiary alicyclic amines) is 1. The number of alkyl carbamates (subject to hydrolysis) is 1. The van der Waals surface area contributed by atoms with Crippen LogP contribution >= 0.6 is 0 Å². The van der Waals surface area contributed by atoms with Crippen molar-refractivity contribution in [3.63, 3.8) is 0 Å². The fraction of sp³-hybridized carbons (Fsp3) is 0.550. The van der Waals surface area contributed by atoms with Crippen molar-refractivity contribution in [2.75, 3.05) is 20.2 Å². The van der Waals surface area contributed by atoms with Gasteiger partial charge in [-0.2, -0.15) is 0 Å². The summed E-state index contributed by atoms with van der Waals surface area (Å²) in [5, 5.41) is 2.75. The van der Waals surface area contributed by atoms with Gasteiger partial charge in [-0.15, -0.1) is 0 Å². The van der Waals surface area contributed by atoms with Crippen molar-refractivity contribution < 1.29 is 23.9 Å². The molecule has 0 radical (unpaired) electrons. The Morgan fingerprint density at radius 1 is 1.19 bits per heavy atom. The van der Waals surface area contributed by atoms with Gasteiger partial charge in [0.15, 0.2) is 0 Å². The molecule has 0 saturated carbocycles. The number of carbonyl (C=O) groups is 3. The first-order valence-electron chi connectivity index (χ1n) is 9.17. The van der Waals surface area contributed by atoms with Gasteiger partial charge in [0.2, 0.25) is 0 Å². The van der Waals surface area contributed by atoms with Gasteiger partial charge in [-0.3, -0.25) is 4.79 Å². The van der Waals surface area contributed by atoms with Crippen LogP contribution in [0, 0.1) is 0 Å². The summed E-state index contributed by atoms with van der Waals surface area (Å²) in [6.07, 6.45) is 2.21. The number of hydrogen-bond acceptors (Lipinski definition) is 5. The summed E-state index contributed by atoms with van der Waals surface area (Å²) in [4.78, 5) is 38.4. The Morgan fingerprint density at radius 3 is 2.56 bits per heavy atom. The topological polar surface area (TPSA) is 84.9 Å². The van der Waals surface area contributed by atoms with Gasteiger partial charge in [-0.05, 0) is 58.2 Å². The van der Waals surface area contributed by atoms with E-state index in [2.05, 4.69) is 5.32 Å². The molecule has 7 heteroatoms. The molecule has 2 amide bonds. The molecule has 1 heterocycles. The maximum absolute atomic E-state index is 13.0. The standard InChI is InChI=1S/C20H28N2O5/c1-20(2,3)27-19(25)21-13-16-10-5-6-11-22(16)17(23)14-8-7-9-15(12-14)18(24)26-4/h7-9,12,16H,5-6,10-11,13H2,1-4H3,(H,21,25). The van der Waals surface area contributed by atoms with E-state index in [0.29, 0.717) is 24.2 Å². The second kappa shape index (κ2) is 8.88. The predicted octanol–water partition coefficient (Wildman–Crippen LogP) is 2.99. The van der Waals surface area contributed by atoms with Crippen molar-refractivity contribution in [1.29, 1.82) is 0 Å². The van der Waals surface area contributed by atoms with E-state index < -0.39 is 17.7 Å². The Labute approximate surface area is 160 Å². The van der Waals surface area contributed by atoms with Crippen LogP contribution in [0.15, 0.2) is 24.3 Å². The number of piperidine rings is 1. The second-order valence-electron chi connectivity index (χ2n) is 7.60. The smallest absolute Gasteiger partial charge is 0.407 e. The highest BCUT2D eigenvalue weighted by molar-refractivity contribution is 5.98. The molecular formula is C20H28N2O5. The molecule has 1 atom stereocenters. The van der Waals surface area contributed by atoms with E-state index in [1.807, 2.05) is 0 Å². The monoisotopic (exact) mass is 376 g/mol. The molecule has 1 fully saturated rings. The third-order valence-corrected chi connectivity index (χ3v) is 4.30. The molecule has 1 aromatic carbocycles. The number of amides is 2. The van der Waals surface area contributed by atoms with Crippen molar-refractivity contribution in [3.05, 3.63) is 35.4 Å². The normalized spacial score (nSPS) is 17.2. The number of methoxy groups -OCH3 is 1. The Bertz CT molecular complexity index is 696. The van der Waals surface area contributed by atoms with Crippen molar-refractivity contribution in [1.82, 2.24) is 10.2 Å². The van der Waals surface area contributed by atoms with Gasteiger partial charge >= 0.3 is 12.1 Å². The largest absolute Gasteiger partial charge is 0.465 e. The highest BCUT2D eigenvalue weighted by Crippen LogP contribution is 2.20. The number of esters is 1. The number of nitrogens with zero attached hydrogens (tertiary/aromatic N) is 1. The third-order valence-electron chi connectivity index (χ3n) is 4.30. The van der Waals surface area contributed by atoms with Gasteiger partial charge in [0.1, 0.15) is 5.60 Å². The van der Waals surface area contributed by atoms with Gasteiger partial charge in [0.05, 0.1) is 12.7 Å². The molecule has 27 heavy (non-hydrogen) atoms. The first kappa shape index (κ1) is 20.7. The Hall–Kier alpha value is -2.57. The Balaban J connectivity index is 2.07. The first-order chi connectivity index (χ1) is 12.7. The summed E-state index contributed by atoms with van der Waals surface area (Å²) >= 11 is 0. The van der Waals surface area contributed by atoms with Crippen LogP contribution in [0.2, 0.25) is 0 Å². The molecule has 0 aromatic heterocycles. The van der Waals surface area contributed by atoms with E-state index in [-0.39, 0.29) is 11.9 Å². The van der Waals surface area contributed by atoms with Crippen molar-refractivity contribution >= 4 is 18.0 Å². The minimum atomic E-state index is -0.569. The number of ether oxygens (including phenoxy) is 2. The lowest BCUT2D eigenvalue weighted by molar-refractivity contribution is 0.0461. The minimum Gasteiger partial charge on any atom is -0.465 e. The van der Waals surface area contributed by atoms with E-state index in [0.717, 1.165) is 19.3 Å². The van der Waals surface area contributed by atoms with Gasteiger partial charge in [-0.25, -0.2) is 9.59 Å². The Morgan fingerprint density at radius 2 is 1.89 bits per heavy atom. The molecule has 1 N–H and O–H groups in total. The van der Waals surface area contributed by atoms with E-state index in [1.54, 1.807) is 49.9 Å². The summed E-state index contributed by atoms with van der Waals surface area (Å²) in [6, 6.07) is 6.39. The zero-order valence-corrected chi connectivity index (χ0v) is 16.4. The summed E-state index contributed by atoms with van der Waals surface area (Å²) in [6.45, 7) is 6.35. The molecule has 0 spiro atoms. The average molecular weight is 376 g/mol. The van der Waals surface area contributed by atoms with Crippen LogP contribution in [0.25, 0.3) is 0 Å². The van der Waals surface area contributed by atoms with Crippen LogP contribution in [-0.2, 0) is 9.47 Å². The van der Waals surface area contributed by atoms with Crippen LogP contribution in [-0.4, -0.2) is 54.7 Å². The molecule has 1 aliphatic heterocycles. The lowest BCUT2D eigenvalue weighted by Gasteiger charge is -2.36. The van der Waals surface area contributed by atoms with E-state index >= 15 is 0 Å². The fourth-order valence-electron chi connectivity index (χ4n) is 3.06. The molecule has 148 valence electrons. The molecular weight excluding hydrogens is 348 g/mol. The van der Waals surface area contributed by atoms with Crippen LogP contribution in [0.5, 0.6) is 0 Å². The SMILES string of the molecule is COC(=O)c1cccc(C(=O)N2CCCCC2CNC(=O)OC(C)(C)C)c1. The third kappa shape index (κ3) is 5.98. The maximum atomic E-state index is 13.0.